The zero-order chi connectivity index (χ0) is 52.1. The van der Waals surface area contributed by atoms with Gasteiger partial charge in [-0.25, -0.2) is 8.78 Å². The maximum Gasteiger partial charge on any atom is 0.253 e. The summed E-state index contributed by atoms with van der Waals surface area (Å²) in [6.45, 7) is 14.7. The second-order valence-corrected chi connectivity index (χ2v) is 17.5. The Bertz CT molecular complexity index is 2780. The van der Waals surface area contributed by atoms with Gasteiger partial charge in [-0.15, -0.1) is 0 Å². The van der Waals surface area contributed by atoms with Crippen molar-refractivity contribution in [2.75, 3.05) is 62.2 Å². The molecule has 2 fully saturated rings. The first-order valence-electron chi connectivity index (χ1n) is 25.0. The van der Waals surface area contributed by atoms with Crippen LogP contribution >= 0.6 is 0 Å². The highest BCUT2D eigenvalue weighted by atomic mass is 19.1. The molecule has 0 bridgehead atoms. The number of hydrogen-bond acceptors (Lipinski definition) is 11. The van der Waals surface area contributed by atoms with Crippen LogP contribution < -0.4 is 15.1 Å². The number of nitriles is 2. The number of aldehydes is 1. The fourth-order valence-electron chi connectivity index (χ4n) is 9.11. The molecule has 4 aromatic carbocycles. The molecule has 8 rings (SSSR count). The predicted octanol–water partition coefficient (Wildman–Crippen LogP) is 10.3. The molecule has 15 heteroatoms. The van der Waals surface area contributed by atoms with Gasteiger partial charge in [-0.3, -0.25) is 29.3 Å². The highest BCUT2D eigenvalue weighted by molar-refractivity contribution is 5.95. The molecule has 2 aromatic heterocycles. The van der Waals surface area contributed by atoms with E-state index in [0.717, 1.165) is 81.8 Å². The van der Waals surface area contributed by atoms with Crippen LogP contribution in [0.15, 0.2) is 134 Å². The molecule has 4 heterocycles. The number of benzene rings is 4. The number of carbonyl (C=O) groups excluding carboxylic acids is 3. The van der Waals surface area contributed by atoms with Gasteiger partial charge in [0.1, 0.15) is 17.3 Å². The number of nitrogens with zero attached hydrogens (tertiary/aromatic N) is 9. The second kappa shape index (κ2) is 27.7. The first-order valence-corrected chi connectivity index (χ1v) is 25.0. The predicted molar refractivity (Wildman–Crippen MR) is 282 cm³/mol. The van der Waals surface area contributed by atoms with Gasteiger partial charge in [0.2, 0.25) is 0 Å². The number of carbonyl (C=O) groups is 3. The fraction of sp³-hybridized carbons (Fsp3) is 0.328. The van der Waals surface area contributed by atoms with E-state index >= 15 is 4.39 Å². The normalized spacial score (nSPS) is 13.6. The minimum atomic E-state index is -0.367. The zero-order valence-corrected chi connectivity index (χ0v) is 42.1. The van der Waals surface area contributed by atoms with Crippen LogP contribution in [0.5, 0.6) is 0 Å². The standard InChI is InChI=1S/C29H32FN5O.C23H27FN4O.C6H5NO/c1-3-34(4-2)29(36)23-9-11-25(12-10-23)35(28-19-22(20-31)8-13-27(28)30)26-14-17-33(18-15-26)21-24-7-5-6-16-32-24;1-3-27(4-2)23(29)18-6-8-19(9-7-18)28(20-11-13-26-14-12-20)22-15-17(16-25)5-10-21(22)24;8-5-6-3-1-2-4-7-6/h5-13,16,19,26H,3-4,14-15,17-18,21H2,1-2H3;5-10,15,20,26H,3-4,11-14H2,1-2H3;1-5H. The molecule has 6 aromatic rings. The van der Waals surface area contributed by atoms with Crippen LogP contribution in [0.2, 0.25) is 0 Å². The molecule has 13 nitrogen and oxygen atoms in total. The number of piperidine rings is 2. The average molecular weight is 987 g/mol. The number of halogens is 2. The maximum absolute atomic E-state index is 15.1. The van der Waals surface area contributed by atoms with Crippen molar-refractivity contribution >= 4 is 40.9 Å². The molecule has 0 aliphatic carbocycles. The van der Waals surface area contributed by atoms with Crippen molar-refractivity contribution in [1.82, 2.24) is 30.0 Å². The highest BCUT2D eigenvalue weighted by Gasteiger charge is 2.29. The van der Waals surface area contributed by atoms with Gasteiger partial charge >= 0.3 is 0 Å². The Hall–Kier alpha value is -7.85. The molecule has 0 radical (unpaired) electrons. The van der Waals surface area contributed by atoms with Gasteiger partial charge < -0.3 is 24.9 Å². The van der Waals surface area contributed by atoms with Crippen molar-refractivity contribution in [3.63, 3.8) is 0 Å². The van der Waals surface area contributed by atoms with E-state index in [2.05, 4.69) is 32.3 Å². The Morgan fingerprint density at radius 2 is 1.08 bits per heavy atom. The number of nitrogens with one attached hydrogen (secondary N) is 1. The van der Waals surface area contributed by atoms with Gasteiger partial charge in [-0.05, 0) is 176 Å². The van der Waals surface area contributed by atoms with Gasteiger partial charge in [-0.2, -0.15) is 10.5 Å². The zero-order valence-electron chi connectivity index (χ0n) is 42.1. The molecule has 378 valence electrons. The van der Waals surface area contributed by atoms with Crippen LogP contribution in [0.25, 0.3) is 0 Å². The number of hydrogen-bond donors (Lipinski definition) is 1. The summed E-state index contributed by atoms with van der Waals surface area (Å²) in [6.07, 6.45) is 7.53. The molecule has 0 saturated carbocycles. The van der Waals surface area contributed by atoms with Crippen LogP contribution in [-0.2, 0) is 6.54 Å². The van der Waals surface area contributed by atoms with Crippen LogP contribution in [0.4, 0.5) is 31.5 Å². The van der Waals surface area contributed by atoms with E-state index < -0.39 is 0 Å². The number of aromatic nitrogens is 2. The van der Waals surface area contributed by atoms with Crippen molar-refractivity contribution in [3.05, 3.63) is 179 Å². The maximum atomic E-state index is 15.1. The van der Waals surface area contributed by atoms with E-state index in [1.807, 2.05) is 98.3 Å². The molecule has 2 aliphatic heterocycles. The summed E-state index contributed by atoms with van der Waals surface area (Å²) in [7, 11) is 0. The number of likely N-dealkylation sites (tertiary alicyclic amines) is 1. The quantitative estimate of drug-likeness (QED) is 0.0979. The Balaban J connectivity index is 0.000000210. The average Bonchev–Trinajstić information content (AvgIpc) is 3.44. The fourth-order valence-corrected chi connectivity index (χ4v) is 9.11. The van der Waals surface area contributed by atoms with E-state index in [1.54, 1.807) is 58.5 Å². The lowest BCUT2D eigenvalue weighted by molar-refractivity contribution is 0.0765. The van der Waals surface area contributed by atoms with Crippen LogP contribution in [0.3, 0.4) is 0 Å². The third-order valence-electron chi connectivity index (χ3n) is 13.1. The van der Waals surface area contributed by atoms with Gasteiger partial charge in [0.25, 0.3) is 11.8 Å². The Morgan fingerprint density at radius 1 is 0.630 bits per heavy atom. The van der Waals surface area contributed by atoms with E-state index in [9.17, 15) is 29.3 Å². The lowest BCUT2D eigenvalue weighted by Gasteiger charge is -2.40. The van der Waals surface area contributed by atoms with Gasteiger partial charge in [0, 0.05) is 92.8 Å². The Kier molecular flexibility index (Phi) is 20.7. The Labute approximate surface area is 428 Å². The van der Waals surface area contributed by atoms with Crippen molar-refractivity contribution < 1.29 is 23.2 Å². The van der Waals surface area contributed by atoms with Crippen molar-refractivity contribution in [2.45, 2.75) is 72.0 Å². The smallest absolute Gasteiger partial charge is 0.253 e. The Morgan fingerprint density at radius 3 is 1.47 bits per heavy atom. The van der Waals surface area contributed by atoms with E-state index in [-0.39, 0.29) is 35.5 Å². The number of pyridine rings is 2. The van der Waals surface area contributed by atoms with Crippen molar-refractivity contribution in [2.24, 2.45) is 0 Å². The summed E-state index contributed by atoms with van der Waals surface area (Å²) < 4.78 is 29.9. The summed E-state index contributed by atoms with van der Waals surface area (Å²) >= 11 is 0. The molecule has 2 amide bonds. The highest BCUT2D eigenvalue weighted by Crippen LogP contribution is 2.36. The second-order valence-electron chi connectivity index (χ2n) is 17.5. The minimum Gasteiger partial charge on any atom is -0.339 e. The molecule has 2 saturated heterocycles. The molecule has 1 N–H and O–H groups in total. The van der Waals surface area contributed by atoms with E-state index in [1.165, 1.54) is 24.3 Å². The van der Waals surface area contributed by atoms with Gasteiger partial charge in [0.05, 0.1) is 40.3 Å². The number of amides is 2. The van der Waals surface area contributed by atoms with Crippen molar-refractivity contribution in [3.8, 4) is 12.1 Å². The van der Waals surface area contributed by atoms with Gasteiger partial charge in [-0.1, -0.05) is 12.1 Å². The largest absolute Gasteiger partial charge is 0.339 e. The molecular formula is C58H64F2N10O3. The lowest BCUT2D eigenvalue weighted by Crippen LogP contribution is -2.43. The molecule has 2 aliphatic rings. The number of anilines is 4. The molecular weight excluding hydrogens is 923 g/mol. The first-order chi connectivity index (χ1) is 35.5. The molecule has 73 heavy (non-hydrogen) atoms. The molecule has 0 spiro atoms. The van der Waals surface area contributed by atoms with Crippen LogP contribution in [0, 0.1) is 34.3 Å². The van der Waals surface area contributed by atoms with Crippen molar-refractivity contribution in [1.29, 1.82) is 10.5 Å². The third kappa shape index (κ3) is 14.6. The summed E-state index contributed by atoms with van der Waals surface area (Å²) in [4.78, 5) is 53.4. The first kappa shape index (κ1) is 54.5. The summed E-state index contributed by atoms with van der Waals surface area (Å²) in [5, 5.41) is 22.0. The lowest BCUT2D eigenvalue weighted by atomic mass is 10.00. The minimum absolute atomic E-state index is 0.00683. The third-order valence-corrected chi connectivity index (χ3v) is 13.1. The van der Waals surface area contributed by atoms with E-state index in [0.29, 0.717) is 65.5 Å². The van der Waals surface area contributed by atoms with Gasteiger partial charge in [0.15, 0.2) is 6.29 Å². The number of rotatable bonds is 15. The van der Waals surface area contributed by atoms with E-state index in [4.69, 9.17) is 0 Å². The SMILES string of the molecule is CCN(CC)C(=O)c1ccc(N(c2cc(C#N)ccc2F)C2CCN(Cc3ccccn3)CC2)cc1.CCN(CC)C(=O)c1ccc(N(c2cc(C#N)ccc2F)C2CCNCC2)cc1.O=Cc1ccccn1. The summed E-state index contributed by atoms with van der Waals surface area (Å²) in [5.41, 5.74) is 6.00. The van der Waals surface area contributed by atoms with Crippen LogP contribution in [0.1, 0.15) is 101 Å². The summed E-state index contributed by atoms with van der Waals surface area (Å²) in [5.74, 6) is -0.745. The topological polar surface area (TPSA) is 153 Å². The molecule has 0 unspecified atom stereocenters. The summed E-state index contributed by atoms with van der Waals surface area (Å²) in [6, 6.07) is 39.2. The van der Waals surface area contributed by atoms with Crippen LogP contribution in [-0.4, -0.2) is 107 Å². The monoisotopic (exact) mass is 987 g/mol. The molecule has 0 atom stereocenters.